The van der Waals surface area contributed by atoms with Crippen LogP contribution in [0.4, 0.5) is 18.9 Å². The molecule has 3 aromatic rings. The van der Waals surface area contributed by atoms with Gasteiger partial charge in [-0.1, -0.05) is 17.7 Å². The number of carbonyl (C=O) groups is 1. The Hall–Kier alpha value is -2.59. The number of aromatic nitrogens is 1. The van der Waals surface area contributed by atoms with Crippen molar-refractivity contribution in [1.29, 1.82) is 0 Å². The number of benzene rings is 2. The number of carbonyl (C=O) groups excluding carboxylic acids is 1. The van der Waals surface area contributed by atoms with E-state index in [9.17, 15) is 23.1 Å². The number of hydrogen-bond donors (Lipinski definition) is 3. The van der Waals surface area contributed by atoms with Crippen LogP contribution in [-0.2, 0) is 12.8 Å². The number of hydrogen-bond acceptors (Lipinski definition) is 5. The summed E-state index contributed by atoms with van der Waals surface area (Å²) in [5, 5.41) is 27.2. The first-order valence-corrected chi connectivity index (χ1v) is 7.86. The van der Waals surface area contributed by atoms with Gasteiger partial charge in [0.05, 0.1) is 22.7 Å². The van der Waals surface area contributed by atoms with E-state index in [2.05, 4.69) is 0 Å². The van der Waals surface area contributed by atoms with Gasteiger partial charge in [-0.15, -0.1) is 5.23 Å². The summed E-state index contributed by atoms with van der Waals surface area (Å²) in [4.78, 5) is 12.8. The third-order valence-electron chi connectivity index (χ3n) is 4.01. The second-order valence-corrected chi connectivity index (χ2v) is 6.05. The van der Waals surface area contributed by atoms with Gasteiger partial charge in [0, 0.05) is 22.7 Å². The molecule has 10 heteroatoms. The predicted molar refractivity (Wildman–Crippen MR) is 90.1 cm³/mol. The van der Waals surface area contributed by atoms with Crippen molar-refractivity contribution in [2.45, 2.75) is 12.8 Å². The summed E-state index contributed by atoms with van der Waals surface area (Å²) in [6, 6.07) is 6.95. The maximum Gasteiger partial charge on any atom is 0.417 e. The van der Waals surface area contributed by atoms with Gasteiger partial charge in [-0.25, -0.2) is 0 Å². The van der Waals surface area contributed by atoms with Crippen molar-refractivity contribution in [2.75, 3.05) is 5.23 Å². The van der Waals surface area contributed by atoms with E-state index in [4.69, 9.17) is 22.0 Å². The predicted octanol–water partition coefficient (Wildman–Crippen LogP) is 4.08. The van der Waals surface area contributed by atoms with Gasteiger partial charge in [0.1, 0.15) is 5.69 Å². The number of nitrogens with zero attached hydrogens (tertiary/aromatic N) is 2. The molecule has 0 amide bonds. The Morgan fingerprint density at radius 3 is 2.48 bits per heavy atom. The van der Waals surface area contributed by atoms with Crippen LogP contribution in [0.1, 0.15) is 21.5 Å². The summed E-state index contributed by atoms with van der Waals surface area (Å²) in [5.41, 5.74) is -1.41. The average Bonchev–Trinajstić information content (AvgIpc) is 2.99. The molecular formula is C17H12ClF3N2O4. The molecule has 142 valence electrons. The van der Waals surface area contributed by atoms with Gasteiger partial charge in [0.15, 0.2) is 0 Å². The highest BCUT2D eigenvalue weighted by Crippen LogP contribution is 2.37. The first-order chi connectivity index (χ1) is 12.6. The summed E-state index contributed by atoms with van der Waals surface area (Å²) in [6.45, 7) is -0.698. The van der Waals surface area contributed by atoms with E-state index < -0.39 is 24.3 Å². The molecule has 0 aliphatic rings. The van der Waals surface area contributed by atoms with Crippen molar-refractivity contribution in [1.82, 2.24) is 4.57 Å². The Morgan fingerprint density at radius 2 is 1.89 bits per heavy atom. The number of fused-ring (bicyclic) bond motifs is 1. The van der Waals surface area contributed by atoms with Crippen LogP contribution in [0, 0.1) is 0 Å². The first-order valence-electron chi connectivity index (χ1n) is 7.48. The Kier molecular flexibility index (Phi) is 4.87. The second-order valence-electron chi connectivity index (χ2n) is 5.64. The molecule has 0 unspecified atom stereocenters. The lowest BCUT2D eigenvalue weighted by Gasteiger charge is -2.12. The fourth-order valence-corrected chi connectivity index (χ4v) is 3.02. The van der Waals surface area contributed by atoms with Gasteiger partial charge in [-0.3, -0.25) is 19.8 Å². The average molecular weight is 401 g/mol. The molecule has 6 nitrogen and oxygen atoms in total. The lowest BCUT2D eigenvalue weighted by molar-refractivity contribution is -0.136. The Labute approximate surface area is 155 Å². The molecule has 1 aromatic heterocycles. The maximum atomic E-state index is 13.3. The number of aliphatic hydroxyl groups is 1. The van der Waals surface area contributed by atoms with E-state index in [-0.39, 0.29) is 38.0 Å². The molecule has 0 spiro atoms. The van der Waals surface area contributed by atoms with Gasteiger partial charge < -0.3 is 5.11 Å². The van der Waals surface area contributed by atoms with Gasteiger partial charge >= 0.3 is 6.18 Å². The molecule has 0 aliphatic carbocycles. The molecular weight excluding hydrogens is 389 g/mol. The molecule has 0 radical (unpaired) electrons. The van der Waals surface area contributed by atoms with Crippen LogP contribution in [-0.4, -0.2) is 26.0 Å². The highest BCUT2D eigenvalue weighted by molar-refractivity contribution is 6.33. The van der Waals surface area contributed by atoms with E-state index in [1.54, 1.807) is 0 Å². The van der Waals surface area contributed by atoms with Crippen molar-refractivity contribution < 1.29 is 33.5 Å². The molecule has 3 rings (SSSR count). The van der Waals surface area contributed by atoms with E-state index in [0.29, 0.717) is 0 Å². The molecule has 0 saturated carbocycles. The molecule has 27 heavy (non-hydrogen) atoms. The van der Waals surface area contributed by atoms with Gasteiger partial charge in [0.2, 0.25) is 0 Å². The highest BCUT2D eigenvalue weighted by Gasteiger charge is 2.34. The van der Waals surface area contributed by atoms with Crippen LogP contribution >= 0.6 is 11.6 Å². The highest BCUT2D eigenvalue weighted by atomic mass is 35.5. The molecule has 0 fully saturated rings. The van der Waals surface area contributed by atoms with E-state index in [1.807, 2.05) is 0 Å². The fraction of sp³-hybridized carbons (Fsp3) is 0.118. The number of halogens is 4. The lowest BCUT2D eigenvalue weighted by Crippen LogP contribution is -2.15. The largest absolute Gasteiger partial charge is 0.417 e. The van der Waals surface area contributed by atoms with Gasteiger partial charge in [-0.2, -0.15) is 13.2 Å². The maximum absolute atomic E-state index is 13.3. The first kappa shape index (κ1) is 19.2. The summed E-state index contributed by atoms with van der Waals surface area (Å²) in [7, 11) is 0. The van der Waals surface area contributed by atoms with Crippen molar-refractivity contribution in [3.8, 4) is 0 Å². The van der Waals surface area contributed by atoms with Crippen LogP contribution in [0.3, 0.4) is 0 Å². The van der Waals surface area contributed by atoms with E-state index in [1.165, 1.54) is 18.2 Å². The molecule has 3 N–H and O–H groups in total. The summed E-state index contributed by atoms with van der Waals surface area (Å²) in [5.74, 6) is -0.737. The van der Waals surface area contributed by atoms with Gasteiger partial charge in [0.25, 0.3) is 5.91 Å². The Morgan fingerprint density at radius 1 is 1.19 bits per heavy atom. The van der Waals surface area contributed by atoms with Crippen LogP contribution in [0.15, 0.2) is 42.6 Å². The third kappa shape index (κ3) is 3.37. The molecule has 0 atom stereocenters. The number of rotatable bonds is 3. The van der Waals surface area contributed by atoms with Crippen LogP contribution in [0.25, 0.3) is 10.9 Å². The third-order valence-corrected chi connectivity index (χ3v) is 4.33. The zero-order chi connectivity index (χ0) is 19.9. The minimum atomic E-state index is -4.67. The van der Waals surface area contributed by atoms with Crippen LogP contribution in [0.2, 0.25) is 5.02 Å². The Balaban J connectivity index is 2.21. The lowest BCUT2D eigenvalue weighted by atomic mass is 10.1. The molecule has 1 heterocycles. The zero-order valence-corrected chi connectivity index (χ0v) is 14.2. The number of anilines is 1. The topological polar surface area (TPSA) is 85.9 Å². The monoisotopic (exact) mass is 400 g/mol. The van der Waals surface area contributed by atoms with Crippen LogP contribution in [0.5, 0.6) is 0 Å². The quantitative estimate of drug-likeness (QED) is 0.577. The number of aliphatic hydroxyl groups excluding tert-OH is 1. The van der Waals surface area contributed by atoms with Crippen LogP contribution < -0.4 is 5.23 Å². The summed E-state index contributed by atoms with van der Waals surface area (Å²) < 4.78 is 40.9. The number of alkyl halides is 3. The Bertz CT molecular complexity index is 1030. The van der Waals surface area contributed by atoms with Crippen molar-refractivity contribution in [3.05, 3.63) is 64.3 Å². The zero-order valence-electron chi connectivity index (χ0n) is 13.4. The molecule has 2 aromatic carbocycles. The fourth-order valence-electron chi connectivity index (χ4n) is 2.83. The summed E-state index contributed by atoms with van der Waals surface area (Å²) >= 11 is 5.80. The van der Waals surface area contributed by atoms with E-state index in [0.717, 1.165) is 29.0 Å². The summed E-state index contributed by atoms with van der Waals surface area (Å²) in [6.07, 6.45) is -3.55. The second kappa shape index (κ2) is 6.86. The standard InChI is InChI=1S/C17H12ClF3N2O4/c18-12-5-4-9(6-14(12)23(26)27)16(25)22-7-10(8-24)15-11(17(19,20)21)2-1-3-13(15)22/h1-7,24,26-27H,8H2. The van der Waals surface area contributed by atoms with Crippen molar-refractivity contribution >= 4 is 34.1 Å². The normalized spacial score (nSPS) is 11.8. The van der Waals surface area contributed by atoms with Crippen molar-refractivity contribution in [3.63, 3.8) is 0 Å². The smallest absolute Gasteiger partial charge is 0.392 e. The van der Waals surface area contributed by atoms with Gasteiger partial charge in [-0.05, 0) is 30.3 Å². The van der Waals surface area contributed by atoms with E-state index >= 15 is 0 Å². The minimum Gasteiger partial charge on any atom is -0.392 e. The molecule has 0 aliphatic heterocycles. The SMILES string of the molecule is O=C(c1ccc(Cl)c(N(O)O)c1)n1cc(CO)c2c(C(F)(F)F)cccc21. The molecule has 0 bridgehead atoms. The minimum absolute atomic E-state index is 0.0415. The van der Waals surface area contributed by atoms with Crippen molar-refractivity contribution in [2.24, 2.45) is 0 Å². The molecule has 0 saturated heterocycles.